The Hall–Kier alpha value is -1.68. The van der Waals surface area contributed by atoms with Crippen LogP contribution in [0.3, 0.4) is 0 Å². The van der Waals surface area contributed by atoms with Gasteiger partial charge in [-0.05, 0) is 31.9 Å². The van der Waals surface area contributed by atoms with Crippen molar-refractivity contribution in [2.75, 3.05) is 0 Å². The Balaban J connectivity index is 2.37. The summed E-state index contributed by atoms with van der Waals surface area (Å²) in [5.41, 5.74) is 5.69. The average molecular weight is 261 g/mol. The second-order valence-electron chi connectivity index (χ2n) is 4.32. The summed E-state index contributed by atoms with van der Waals surface area (Å²) >= 11 is 1.58. The molecule has 0 N–H and O–H groups in total. The summed E-state index contributed by atoms with van der Waals surface area (Å²) in [6, 6.07) is 4.32. The van der Waals surface area contributed by atoms with Crippen LogP contribution in [0.5, 0.6) is 0 Å². The normalized spacial score (nSPS) is 10.4. The summed E-state index contributed by atoms with van der Waals surface area (Å²) in [4.78, 5) is 14.7. The molecule has 0 saturated carbocycles. The van der Waals surface area contributed by atoms with Crippen molar-refractivity contribution in [1.29, 1.82) is 0 Å². The summed E-state index contributed by atoms with van der Waals surface area (Å²) in [5, 5.41) is 2.91. The van der Waals surface area contributed by atoms with E-state index in [0.29, 0.717) is 6.47 Å². The third kappa shape index (κ3) is 2.59. The molecule has 0 saturated heterocycles. The number of rotatable bonds is 4. The maximum Gasteiger partial charge on any atom is 0.293 e. The first-order valence-electron chi connectivity index (χ1n) is 5.69. The molecule has 0 unspecified atom stereocenters. The van der Waals surface area contributed by atoms with Crippen LogP contribution >= 0.6 is 11.3 Å². The van der Waals surface area contributed by atoms with Crippen molar-refractivity contribution in [1.82, 2.24) is 4.98 Å². The zero-order chi connectivity index (χ0) is 13.1. The molecule has 18 heavy (non-hydrogen) atoms. The molecule has 2 rings (SSSR count). The van der Waals surface area contributed by atoms with Gasteiger partial charge in [-0.15, -0.1) is 11.3 Å². The van der Waals surface area contributed by atoms with E-state index in [0.717, 1.165) is 10.7 Å². The van der Waals surface area contributed by atoms with E-state index in [-0.39, 0.29) is 6.61 Å². The van der Waals surface area contributed by atoms with Crippen molar-refractivity contribution in [3.05, 3.63) is 39.9 Å². The maximum atomic E-state index is 10.2. The molecule has 0 atom stereocenters. The Morgan fingerprint density at radius 1 is 1.28 bits per heavy atom. The van der Waals surface area contributed by atoms with Crippen LogP contribution in [-0.2, 0) is 16.1 Å². The van der Waals surface area contributed by atoms with Crippen molar-refractivity contribution in [3.63, 3.8) is 0 Å². The van der Waals surface area contributed by atoms with Crippen molar-refractivity contribution >= 4 is 17.8 Å². The highest BCUT2D eigenvalue weighted by molar-refractivity contribution is 7.13. The Morgan fingerprint density at radius 3 is 2.56 bits per heavy atom. The number of aryl methyl sites for hydroxylation is 3. The molecule has 1 heterocycles. The Kier molecular flexibility index (Phi) is 3.77. The van der Waals surface area contributed by atoms with Crippen LogP contribution in [0.4, 0.5) is 0 Å². The molecule has 0 bridgehead atoms. The van der Waals surface area contributed by atoms with Crippen LogP contribution in [0.25, 0.3) is 10.6 Å². The monoisotopic (exact) mass is 261 g/mol. The Bertz CT molecular complexity index is 552. The number of hydrogen-bond acceptors (Lipinski definition) is 4. The highest BCUT2D eigenvalue weighted by Crippen LogP contribution is 2.30. The molecular weight excluding hydrogens is 246 g/mol. The van der Waals surface area contributed by atoms with Gasteiger partial charge in [-0.1, -0.05) is 17.7 Å². The van der Waals surface area contributed by atoms with Crippen LogP contribution in [-0.4, -0.2) is 11.5 Å². The van der Waals surface area contributed by atoms with Gasteiger partial charge in [-0.25, -0.2) is 4.98 Å². The zero-order valence-electron chi connectivity index (χ0n) is 10.7. The molecule has 0 fully saturated rings. The largest absolute Gasteiger partial charge is 0.461 e. The van der Waals surface area contributed by atoms with Crippen molar-refractivity contribution in [2.24, 2.45) is 0 Å². The molecule has 0 aliphatic carbocycles. The first kappa shape index (κ1) is 12.8. The standard InChI is InChI=1S/C14H15NO2S/c1-9-4-10(2)13(11(3)5-9)14-15-12(7-18-14)6-17-8-16/h4-5,7-8H,6H2,1-3H3. The fourth-order valence-corrected chi connectivity index (χ4v) is 3.10. The van der Waals surface area contributed by atoms with Crippen molar-refractivity contribution in [2.45, 2.75) is 27.4 Å². The molecule has 0 amide bonds. The number of aromatic nitrogens is 1. The number of ether oxygens (including phenoxy) is 1. The summed E-state index contributed by atoms with van der Waals surface area (Å²) in [7, 11) is 0. The molecular formula is C14H15NO2S. The van der Waals surface area contributed by atoms with Crippen molar-refractivity contribution in [3.8, 4) is 10.6 Å². The molecule has 0 aliphatic heterocycles. The molecule has 0 radical (unpaired) electrons. The van der Waals surface area contributed by atoms with Crippen molar-refractivity contribution < 1.29 is 9.53 Å². The Morgan fingerprint density at radius 2 is 1.94 bits per heavy atom. The number of hydrogen-bond donors (Lipinski definition) is 0. The van der Waals surface area contributed by atoms with E-state index in [1.807, 2.05) is 5.38 Å². The lowest BCUT2D eigenvalue weighted by Gasteiger charge is -2.08. The summed E-state index contributed by atoms with van der Waals surface area (Å²) in [6.07, 6.45) is 0. The van der Waals surface area contributed by atoms with Gasteiger partial charge < -0.3 is 4.74 Å². The fourth-order valence-electron chi connectivity index (χ4n) is 2.12. The second kappa shape index (κ2) is 5.31. The lowest BCUT2D eigenvalue weighted by atomic mass is 10.0. The number of carbonyl (C=O) groups is 1. The molecule has 1 aromatic carbocycles. The lowest BCUT2D eigenvalue weighted by Crippen LogP contribution is -1.92. The average Bonchev–Trinajstić information content (AvgIpc) is 2.73. The van der Waals surface area contributed by atoms with E-state index in [9.17, 15) is 4.79 Å². The van der Waals surface area contributed by atoms with Gasteiger partial charge in [0.15, 0.2) is 0 Å². The van der Waals surface area contributed by atoms with Crippen LogP contribution in [0.1, 0.15) is 22.4 Å². The van der Waals surface area contributed by atoms with Gasteiger partial charge in [0.2, 0.25) is 0 Å². The summed E-state index contributed by atoms with van der Waals surface area (Å²) in [5.74, 6) is 0. The molecule has 94 valence electrons. The Labute approximate surface area is 110 Å². The first-order valence-corrected chi connectivity index (χ1v) is 6.57. The first-order chi connectivity index (χ1) is 8.61. The zero-order valence-corrected chi connectivity index (χ0v) is 11.5. The molecule has 0 aliphatic rings. The number of nitrogens with zero attached hydrogens (tertiary/aromatic N) is 1. The smallest absolute Gasteiger partial charge is 0.293 e. The summed E-state index contributed by atoms with van der Waals surface area (Å²) in [6.45, 7) is 6.97. The SMILES string of the molecule is Cc1cc(C)c(-c2nc(COC=O)cs2)c(C)c1. The fraction of sp³-hybridized carbons (Fsp3) is 0.286. The number of thiazole rings is 1. The lowest BCUT2D eigenvalue weighted by molar-refractivity contribution is -0.129. The van der Waals surface area contributed by atoms with Gasteiger partial charge >= 0.3 is 0 Å². The second-order valence-corrected chi connectivity index (χ2v) is 5.18. The summed E-state index contributed by atoms with van der Waals surface area (Å²) < 4.78 is 4.71. The minimum absolute atomic E-state index is 0.240. The third-order valence-corrected chi connectivity index (χ3v) is 3.65. The predicted molar refractivity (Wildman–Crippen MR) is 72.6 cm³/mol. The number of carbonyl (C=O) groups excluding carboxylic acids is 1. The minimum atomic E-state index is 0.240. The van der Waals surface area contributed by atoms with Crippen LogP contribution < -0.4 is 0 Å². The van der Waals surface area contributed by atoms with E-state index in [2.05, 4.69) is 37.9 Å². The predicted octanol–water partition coefficient (Wildman–Crippen LogP) is 3.41. The van der Waals surface area contributed by atoms with Gasteiger partial charge in [0.1, 0.15) is 11.6 Å². The van der Waals surface area contributed by atoms with E-state index in [1.165, 1.54) is 22.3 Å². The topological polar surface area (TPSA) is 39.2 Å². The van der Waals surface area contributed by atoms with Crippen LogP contribution in [0.2, 0.25) is 0 Å². The molecule has 4 heteroatoms. The van der Waals surface area contributed by atoms with Gasteiger partial charge in [-0.2, -0.15) is 0 Å². The molecule has 1 aromatic heterocycles. The van der Waals surface area contributed by atoms with E-state index in [1.54, 1.807) is 11.3 Å². The van der Waals surface area contributed by atoms with Gasteiger partial charge in [-0.3, -0.25) is 4.79 Å². The van der Waals surface area contributed by atoms with E-state index in [4.69, 9.17) is 4.74 Å². The highest BCUT2D eigenvalue weighted by atomic mass is 32.1. The molecule has 0 spiro atoms. The minimum Gasteiger partial charge on any atom is -0.461 e. The quantitative estimate of drug-likeness (QED) is 0.792. The van der Waals surface area contributed by atoms with E-state index < -0.39 is 0 Å². The molecule has 2 aromatic rings. The van der Waals surface area contributed by atoms with Crippen LogP contribution in [0, 0.1) is 20.8 Å². The van der Waals surface area contributed by atoms with E-state index >= 15 is 0 Å². The van der Waals surface area contributed by atoms with Crippen LogP contribution in [0.15, 0.2) is 17.5 Å². The highest BCUT2D eigenvalue weighted by Gasteiger charge is 2.11. The number of benzene rings is 1. The third-order valence-electron chi connectivity index (χ3n) is 2.74. The van der Waals surface area contributed by atoms with Gasteiger partial charge in [0.25, 0.3) is 6.47 Å². The van der Waals surface area contributed by atoms with Gasteiger partial charge in [0.05, 0.1) is 5.69 Å². The molecule has 3 nitrogen and oxygen atoms in total. The maximum absolute atomic E-state index is 10.2. The van der Waals surface area contributed by atoms with Gasteiger partial charge in [0, 0.05) is 10.9 Å².